The number of alkyl carbamates (subject to hydrolysis) is 1. The number of carbonyl (C=O) groups is 2. The fraction of sp³-hybridized carbons (Fsp3) is 0.452. The first-order chi connectivity index (χ1) is 19.9. The zero-order valence-electron chi connectivity index (χ0n) is 24.3. The largest absolute Gasteiger partial charge is 0.444 e. The van der Waals surface area contributed by atoms with Gasteiger partial charge in [0.25, 0.3) is 0 Å². The van der Waals surface area contributed by atoms with Gasteiger partial charge < -0.3 is 25.8 Å². The number of benzene rings is 2. The molecule has 1 aromatic heterocycles. The van der Waals surface area contributed by atoms with Gasteiger partial charge in [0.1, 0.15) is 6.61 Å². The molecular weight excluding hydrogens is 538 g/mol. The van der Waals surface area contributed by atoms with E-state index >= 15 is 0 Å². The van der Waals surface area contributed by atoms with E-state index in [1.54, 1.807) is 11.7 Å². The van der Waals surface area contributed by atoms with Crippen molar-refractivity contribution in [2.75, 3.05) is 45.9 Å². The number of ether oxygens (including phenoxy) is 2. The second kappa shape index (κ2) is 21.4. The molecule has 224 valence electrons. The van der Waals surface area contributed by atoms with Crippen molar-refractivity contribution in [3.63, 3.8) is 0 Å². The van der Waals surface area contributed by atoms with E-state index in [1.165, 1.54) is 22.5 Å². The van der Waals surface area contributed by atoms with E-state index in [0.29, 0.717) is 19.5 Å². The van der Waals surface area contributed by atoms with Gasteiger partial charge in [-0.1, -0.05) is 71.8 Å². The van der Waals surface area contributed by atoms with Gasteiger partial charge in [-0.05, 0) is 33.1 Å². The number of carbonyl (C=O) groups excluding carboxylic acids is 2. The minimum atomic E-state index is -0.493. The van der Waals surface area contributed by atoms with E-state index in [0.717, 1.165) is 50.6 Å². The van der Waals surface area contributed by atoms with Crippen molar-refractivity contribution in [2.45, 2.75) is 45.8 Å². The highest BCUT2D eigenvalue weighted by molar-refractivity contribution is 7.09. The van der Waals surface area contributed by atoms with Gasteiger partial charge in [0, 0.05) is 38.9 Å². The molecule has 0 spiro atoms. The van der Waals surface area contributed by atoms with Gasteiger partial charge in [0.2, 0.25) is 5.91 Å². The second-order valence-electron chi connectivity index (χ2n) is 9.63. The first-order valence-corrected chi connectivity index (χ1v) is 15.0. The standard InChI is InChI=1S/C17H29N5O4S.2C7H8/c18-15(3-6-22-7-9-25-10-8-22)16(23)20-4-1-2-5-21-17(24)26-12-14-11-19-13-27-14;2*1-7-5-3-2-4-6-7/h11,13,15H,1-10,12,18H2,(H,20,23)(H,21,24);2*2-6H,1H3. The summed E-state index contributed by atoms with van der Waals surface area (Å²) < 4.78 is 10.4. The quantitative estimate of drug-likeness (QED) is 0.288. The maximum absolute atomic E-state index is 12.0. The molecule has 1 atom stereocenters. The molecule has 2 aromatic carbocycles. The summed E-state index contributed by atoms with van der Waals surface area (Å²) in [7, 11) is 0. The number of nitrogens with zero attached hydrogens (tertiary/aromatic N) is 2. The van der Waals surface area contributed by atoms with Crippen LogP contribution in [0.2, 0.25) is 0 Å². The van der Waals surface area contributed by atoms with Crippen LogP contribution in [0, 0.1) is 13.8 Å². The van der Waals surface area contributed by atoms with Crippen LogP contribution in [-0.2, 0) is 20.9 Å². The molecule has 2 heterocycles. The summed E-state index contributed by atoms with van der Waals surface area (Å²) in [6, 6.07) is 20.0. The molecule has 0 saturated carbocycles. The molecule has 4 rings (SSSR count). The highest BCUT2D eigenvalue weighted by Gasteiger charge is 2.16. The van der Waals surface area contributed by atoms with Gasteiger partial charge in [0.15, 0.2) is 0 Å². The Morgan fingerprint density at radius 1 is 0.976 bits per heavy atom. The Morgan fingerprint density at radius 2 is 1.56 bits per heavy atom. The molecule has 1 aliphatic rings. The summed E-state index contributed by atoms with van der Waals surface area (Å²) in [6.07, 6.45) is 3.37. The minimum Gasteiger partial charge on any atom is -0.444 e. The van der Waals surface area contributed by atoms with Gasteiger partial charge in [-0.3, -0.25) is 14.7 Å². The molecule has 2 amide bonds. The Labute approximate surface area is 248 Å². The van der Waals surface area contributed by atoms with Gasteiger partial charge in [-0.2, -0.15) is 0 Å². The molecule has 10 heteroatoms. The number of hydrogen-bond acceptors (Lipinski definition) is 8. The van der Waals surface area contributed by atoms with Crippen molar-refractivity contribution in [3.8, 4) is 0 Å². The lowest BCUT2D eigenvalue weighted by Crippen LogP contribution is -2.44. The predicted octanol–water partition coefficient (Wildman–Crippen LogP) is 4.31. The van der Waals surface area contributed by atoms with Crippen molar-refractivity contribution in [1.29, 1.82) is 0 Å². The van der Waals surface area contributed by atoms with Crippen LogP contribution >= 0.6 is 11.3 Å². The SMILES string of the molecule is Cc1ccccc1.Cc1ccccc1.NC(CCN1CCOCC1)C(=O)NCCCCNC(=O)OCc1cncs1. The number of hydrogen-bond donors (Lipinski definition) is 3. The number of aryl methyl sites for hydroxylation is 2. The molecule has 3 aromatic rings. The topological polar surface area (TPSA) is 119 Å². The molecule has 41 heavy (non-hydrogen) atoms. The third-order valence-electron chi connectivity index (χ3n) is 6.08. The van der Waals surface area contributed by atoms with Crippen molar-refractivity contribution in [1.82, 2.24) is 20.5 Å². The molecule has 1 unspecified atom stereocenters. The Balaban J connectivity index is 0.000000338. The molecule has 4 N–H and O–H groups in total. The highest BCUT2D eigenvalue weighted by atomic mass is 32.1. The number of nitrogens with one attached hydrogen (secondary N) is 2. The van der Waals surface area contributed by atoms with Gasteiger partial charge in [-0.25, -0.2) is 4.79 Å². The Morgan fingerprint density at radius 3 is 2.07 bits per heavy atom. The van der Waals surface area contributed by atoms with Crippen molar-refractivity contribution in [3.05, 3.63) is 88.4 Å². The summed E-state index contributed by atoms with van der Waals surface area (Å²) in [4.78, 5) is 30.6. The molecule has 0 bridgehead atoms. The first-order valence-electron chi connectivity index (χ1n) is 14.1. The monoisotopic (exact) mass is 583 g/mol. The number of thiazole rings is 1. The fourth-order valence-corrected chi connectivity index (χ4v) is 4.14. The summed E-state index contributed by atoms with van der Waals surface area (Å²) in [5.74, 6) is -0.125. The number of morpholine rings is 1. The van der Waals surface area contributed by atoms with E-state index in [9.17, 15) is 9.59 Å². The minimum absolute atomic E-state index is 0.125. The molecule has 0 aliphatic carbocycles. The Hall–Kier alpha value is -3.31. The van der Waals surface area contributed by atoms with E-state index in [2.05, 4.69) is 58.6 Å². The average molecular weight is 584 g/mol. The molecule has 1 aliphatic heterocycles. The summed E-state index contributed by atoms with van der Waals surface area (Å²) in [6.45, 7) is 9.53. The first kappa shape index (κ1) is 33.9. The predicted molar refractivity (Wildman–Crippen MR) is 165 cm³/mol. The van der Waals surface area contributed by atoms with Crippen LogP contribution in [-0.4, -0.2) is 73.9 Å². The number of rotatable bonds is 11. The number of amides is 2. The number of unbranched alkanes of at least 4 members (excludes halogenated alkanes) is 1. The highest BCUT2D eigenvalue weighted by Crippen LogP contribution is 2.06. The van der Waals surface area contributed by atoms with Crippen molar-refractivity contribution < 1.29 is 19.1 Å². The lowest BCUT2D eigenvalue weighted by Gasteiger charge is -2.27. The van der Waals surface area contributed by atoms with E-state index in [4.69, 9.17) is 15.2 Å². The van der Waals surface area contributed by atoms with Crippen LogP contribution in [0.15, 0.2) is 72.4 Å². The van der Waals surface area contributed by atoms with Crippen LogP contribution in [0.4, 0.5) is 4.79 Å². The zero-order valence-corrected chi connectivity index (χ0v) is 25.1. The van der Waals surface area contributed by atoms with E-state index < -0.39 is 12.1 Å². The van der Waals surface area contributed by atoms with Crippen LogP contribution in [0.3, 0.4) is 0 Å². The molecular formula is C31H45N5O4S. The summed E-state index contributed by atoms with van der Waals surface area (Å²) in [5.41, 5.74) is 10.3. The third kappa shape index (κ3) is 17.2. The van der Waals surface area contributed by atoms with Crippen molar-refractivity contribution >= 4 is 23.3 Å². The second-order valence-corrected chi connectivity index (χ2v) is 10.6. The van der Waals surface area contributed by atoms with E-state index in [1.807, 2.05) is 36.4 Å². The van der Waals surface area contributed by atoms with Gasteiger partial charge in [0.05, 0.1) is 29.6 Å². The third-order valence-corrected chi connectivity index (χ3v) is 6.83. The van der Waals surface area contributed by atoms with Crippen LogP contribution < -0.4 is 16.4 Å². The maximum Gasteiger partial charge on any atom is 0.407 e. The average Bonchev–Trinajstić information content (AvgIpc) is 3.52. The lowest BCUT2D eigenvalue weighted by molar-refractivity contribution is -0.122. The normalized spacial score (nSPS) is 13.4. The van der Waals surface area contributed by atoms with Crippen molar-refractivity contribution in [2.24, 2.45) is 5.73 Å². The number of aromatic nitrogens is 1. The number of nitrogens with two attached hydrogens (primary N) is 1. The zero-order chi connectivity index (χ0) is 29.5. The molecule has 0 radical (unpaired) electrons. The van der Waals surface area contributed by atoms with Gasteiger partial charge >= 0.3 is 6.09 Å². The summed E-state index contributed by atoms with van der Waals surface area (Å²) >= 11 is 1.44. The molecule has 9 nitrogen and oxygen atoms in total. The Bertz CT molecular complexity index is 1030. The Kier molecular flexibility index (Phi) is 17.7. The maximum atomic E-state index is 12.0. The lowest BCUT2D eigenvalue weighted by atomic mass is 10.2. The molecule has 1 fully saturated rings. The van der Waals surface area contributed by atoms with Crippen LogP contribution in [0.5, 0.6) is 0 Å². The van der Waals surface area contributed by atoms with E-state index in [-0.39, 0.29) is 12.5 Å². The van der Waals surface area contributed by atoms with Crippen LogP contribution in [0.1, 0.15) is 35.3 Å². The molecule has 1 saturated heterocycles. The summed E-state index contributed by atoms with van der Waals surface area (Å²) in [5, 5.41) is 5.53. The van der Waals surface area contributed by atoms with Gasteiger partial charge in [-0.15, -0.1) is 11.3 Å². The van der Waals surface area contributed by atoms with Crippen LogP contribution in [0.25, 0.3) is 0 Å². The fourth-order valence-electron chi connectivity index (χ4n) is 3.63. The smallest absolute Gasteiger partial charge is 0.407 e.